The van der Waals surface area contributed by atoms with Crippen molar-refractivity contribution in [1.29, 1.82) is 0 Å². The molecule has 53 valence electrons. The predicted octanol–water partition coefficient (Wildman–Crippen LogP) is 1.17. The Bertz CT molecular complexity index is 184. The standard InChI is InChI=1S/C8H10NO/c1-7(9)10-8-5-3-2-4-6-8/h2-3,5-7H,9H2,1H3. The molecule has 1 radical (unpaired) electrons. The second kappa shape index (κ2) is 3.22. The minimum absolute atomic E-state index is 0.254. The summed E-state index contributed by atoms with van der Waals surface area (Å²) in [5, 5.41) is 0. The summed E-state index contributed by atoms with van der Waals surface area (Å²) in [4.78, 5) is 0. The highest BCUT2D eigenvalue weighted by Crippen LogP contribution is 2.07. The Hall–Kier alpha value is -1.02. The average molecular weight is 136 g/mol. The van der Waals surface area contributed by atoms with Gasteiger partial charge in [-0.15, -0.1) is 0 Å². The molecule has 0 saturated carbocycles. The van der Waals surface area contributed by atoms with Gasteiger partial charge in [-0.25, -0.2) is 0 Å². The lowest BCUT2D eigenvalue weighted by molar-refractivity contribution is 0.230. The molecule has 1 aromatic carbocycles. The zero-order valence-corrected chi connectivity index (χ0v) is 5.87. The number of rotatable bonds is 2. The Morgan fingerprint density at radius 3 is 3.00 bits per heavy atom. The van der Waals surface area contributed by atoms with Gasteiger partial charge in [0.1, 0.15) is 12.0 Å². The van der Waals surface area contributed by atoms with E-state index in [0.29, 0.717) is 0 Å². The molecule has 2 heteroatoms. The summed E-state index contributed by atoms with van der Waals surface area (Å²) in [7, 11) is 0. The number of nitrogens with two attached hydrogens (primary N) is 1. The van der Waals surface area contributed by atoms with Crippen molar-refractivity contribution in [2.24, 2.45) is 5.73 Å². The van der Waals surface area contributed by atoms with E-state index in [1.54, 1.807) is 13.0 Å². The van der Waals surface area contributed by atoms with Crippen molar-refractivity contribution in [2.45, 2.75) is 13.2 Å². The number of ether oxygens (including phenoxy) is 1. The van der Waals surface area contributed by atoms with Gasteiger partial charge in [0.25, 0.3) is 0 Å². The van der Waals surface area contributed by atoms with Crippen LogP contribution in [-0.4, -0.2) is 6.23 Å². The zero-order chi connectivity index (χ0) is 7.40. The molecule has 1 atom stereocenters. The lowest BCUT2D eigenvalue weighted by Gasteiger charge is -2.07. The van der Waals surface area contributed by atoms with Crippen molar-refractivity contribution in [3.63, 3.8) is 0 Å². The molecule has 2 nitrogen and oxygen atoms in total. The van der Waals surface area contributed by atoms with Crippen molar-refractivity contribution in [2.75, 3.05) is 0 Å². The van der Waals surface area contributed by atoms with Gasteiger partial charge in [-0.2, -0.15) is 0 Å². The smallest absolute Gasteiger partial charge is 0.144 e. The van der Waals surface area contributed by atoms with Crippen molar-refractivity contribution in [3.8, 4) is 5.75 Å². The van der Waals surface area contributed by atoms with Crippen LogP contribution in [0.25, 0.3) is 0 Å². The molecule has 10 heavy (non-hydrogen) atoms. The van der Waals surface area contributed by atoms with E-state index in [0.717, 1.165) is 5.75 Å². The van der Waals surface area contributed by atoms with Gasteiger partial charge in [-0.3, -0.25) is 5.73 Å². The Morgan fingerprint density at radius 2 is 2.50 bits per heavy atom. The minimum atomic E-state index is -0.254. The molecule has 0 spiro atoms. The average Bonchev–Trinajstić information content (AvgIpc) is 1.88. The maximum atomic E-state index is 5.39. The molecule has 0 aliphatic heterocycles. The highest BCUT2D eigenvalue weighted by atomic mass is 16.5. The third kappa shape index (κ3) is 2.07. The van der Waals surface area contributed by atoms with Crippen LogP contribution in [0.2, 0.25) is 0 Å². The fraction of sp³-hybridized carbons (Fsp3) is 0.250. The summed E-state index contributed by atoms with van der Waals surface area (Å²) < 4.78 is 5.16. The molecule has 0 amide bonds. The highest BCUT2D eigenvalue weighted by Gasteiger charge is 1.93. The van der Waals surface area contributed by atoms with E-state index in [4.69, 9.17) is 10.5 Å². The molecule has 0 saturated heterocycles. The van der Waals surface area contributed by atoms with Crippen molar-refractivity contribution < 1.29 is 4.74 Å². The fourth-order valence-electron chi connectivity index (χ4n) is 0.665. The first-order chi connectivity index (χ1) is 4.79. The van der Waals surface area contributed by atoms with E-state index in [9.17, 15) is 0 Å². The summed E-state index contributed by atoms with van der Waals surface area (Å²) in [6.07, 6.45) is -0.254. The molecule has 1 aromatic rings. The minimum Gasteiger partial charge on any atom is -0.476 e. The van der Waals surface area contributed by atoms with Crippen molar-refractivity contribution in [1.82, 2.24) is 0 Å². The molecule has 2 N–H and O–H groups in total. The maximum Gasteiger partial charge on any atom is 0.144 e. The van der Waals surface area contributed by atoms with E-state index in [1.807, 2.05) is 18.2 Å². The normalized spacial score (nSPS) is 12.6. The van der Waals surface area contributed by atoms with Crippen LogP contribution in [-0.2, 0) is 0 Å². The first kappa shape index (κ1) is 7.09. The van der Waals surface area contributed by atoms with Gasteiger partial charge >= 0.3 is 0 Å². The molecule has 0 aromatic heterocycles. The molecular weight excluding hydrogens is 126 g/mol. The topological polar surface area (TPSA) is 35.2 Å². The number of hydrogen-bond acceptors (Lipinski definition) is 2. The van der Waals surface area contributed by atoms with Gasteiger partial charge in [0.15, 0.2) is 0 Å². The van der Waals surface area contributed by atoms with Crippen LogP contribution in [0.5, 0.6) is 5.75 Å². The zero-order valence-electron chi connectivity index (χ0n) is 5.87. The first-order valence-corrected chi connectivity index (χ1v) is 3.17. The SMILES string of the molecule is CC(N)Oc1c[c]ccc1. The third-order valence-electron chi connectivity index (χ3n) is 1.00. The van der Waals surface area contributed by atoms with E-state index in [1.165, 1.54) is 0 Å². The van der Waals surface area contributed by atoms with E-state index < -0.39 is 0 Å². The van der Waals surface area contributed by atoms with Gasteiger partial charge in [0.05, 0.1) is 0 Å². The summed E-state index contributed by atoms with van der Waals surface area (Å²) in [6.45, 7) is 1.78. The monoisotopic (exact) mass is 136 g/mol. The summed E-state index contributed by atoms with van der Waals surface area (Å²) in [5.74, 6) is 0.762. The Balaban J connectivity index is 2.59. The molecule has 0 fully saturated rings. The second-order valence-electron chi connectivity index (χ2n) is 2.06. The Labute approximate surface area is 60.6 Å². The molecule has 0 bridgehead atoms. The van der Waals surface area contributed by atoms with Crippen molar-refractivity contribution in [3.05, 3.63) is 30.3 Å². The summed E-state index contributed by atoms with van der Waals surface area (Å²) >= 11 is 0. The van der Waals surface area contributed by atoms with Crippen LogP contribution in [0.15, 0.2) is 24.3 Å². The van der Waals surface area contributed by atoms with Gasteiger partial charge in [0, 0.05) is 0 Å². The summed E-state index contributed by atoms with van der Waals surface area (Å²) in [5.41, 5.74) is 5.39. The molecule has 0 aliphatic rings. The number of benzene rings is 1. The first-order valence-electron chi connectivity index (χ1n) is 3.17. The highest BCUT2D eigenvalue weighted by molar-refractivity contribution is 5.20. The van der Waals surface area contributed by atoms with Crippen LogP contribution in [0.3, 0.4) is 0 Å². The fourth-order valence-corrected chi connectivity index (χ4v) is 0.665. The maximum absolute atomic E-state index is 5.39. The quantitative estimate of drug-likeness (QED) is 0.619. The van der Waals surface area contributed by atoms with Gasteiger partial charge < -0.3 is 4.74 Å². The third-order valence-corrected chi connectivity index (χ3v) is 1.00. The molecule has 1 unspecified atom stereocenters. The van der Waals surface area contributed by atoms with Crippen molar-refractivity contribution >= 4 is 0 Å². The molecule has 0 heterocycles. The number of hydrogen-bond donors (Lipinski definition) is 1. The second-order valence-corrected chi connectivity index (χ2v) is 2.06. The van der Waals surface area contributed by atoms with E-state index in [2.05, 4.69) is 6.07 Å². The van der Waals surface area contributed by atoms with E-state index in [-0.39, 0.29) is 6.23 Å². The Morgan fingerprint density at radius 1 is 1.70 bits per heavy atom. The van der Waals surface area contributed by atoms with E-state index >= 15 is 0 Å². The van der Waals surface area contributed by atoms with Gasteiger partial charge in [-0.1, -0.05) is 12.1 Å². The van der Waals surface area contributed by atoms with Gasteiger partial charge in [0.2, 0.25) is 0 Å². The lowest BCUT2D eigenvalue weighted by atomic mass is 10.3. The molecule has 0 aliphatic carbocycles. The largest absolute Gasteiger partial charge is 0.476 e. The van der Waals surface area contributed by atoms with Crippen LogP contribution >= 0.6 is 0 Å². The predicted molar refractivity (Wildman–Crippen MR) is 39.6 cm³/mol. The molecule has 1 rings (SSSR count). The van der Waals surface area contributed by atoms with Crippen LogP contribution in [0, 0.1) is 6.07 Å². The van der Waals surface area contributed by atoms with Crippen LogP contribution < -0.4 is 10.5 Å². The summed E-state index contributed by atoms with van der Waals surface area (Å²) in [6, 6.07) is 10.2. The van der Waals surface area contributed by atoms with Crippen LogP contribution in [0.1, 0.15) is 6.92 Å². The van der Waals surface area contributed by atoms with Gasteiger partial charge in [-0.05, 0) is 25.1 Å². The lowest BCUT2D eigenvalue weighted by Crippen LogP contribution is -2.22. The molecular formula is C8H10NO. The van der Waals surface area contributed by atoms with Crippen LogP contribution in [0.4, 0.5) is 0 Å². The Kier molecular flexibility index (Phi) is 2.29.